The molecule has 7 nitrogen and oxygen atoms in total. The minimum atomic E-state index is -0.480. The number of benzene rings is 1. The zero-order valence-corrected chi connectivity index (χ0v) is 18.1. The summed E-state index contributed by atoms with van der Waals surface area (Å²) in [6.45, 7) is 7.70. The Morgan fingerprint density at radius 2 is 1.90 bits per heavy atom. The number of hydrogen-bond acceptors (Lipinski definition) is 7. The summed E-state index contributed by atoms with van der Waals surface area (Å²) in [4.78, 5) is 43.2. The molecule has 3 rings (SSSR count). The van der Waals surface area contributed by atoms with Gasteiger partial charge in [0.15, 0.2) is 5.11 Å². The van der Waals surface area contributed by atoms with Crippen molar-refractivity contribution in [2.75, 3.05) is 31.6 Å². The number of para-hydroxylation sites is 1. The molecule has 2 amide bonds. The Balaban J connectivity index is 2.00. The van der Waals surface area contributed by atoms with Gasteiger partial charge in [0, 0.05) is 24.1 Å². The van der Waals surface area contributed by atoms with Crippen molar-refractivity contribution in [2.24, 2.45) is 0 Å². The smallest absolute Gasteiger partial charge is 0.333 e. The highest BCUT2D eigenvalue weighted by Gasteiger charge is 2.42. The molecule has 1 aromatic carbocycles. The first kappa shape index (κ1) is 21.1. The van der Waals surface area contributed by atoms with Gasteiger partial charge in [0.2, 0.25) is 0 Å². The lowest BCUT2D eigenvalue weighted by Gasteiger charge is -2.35. The maximum atomic E-state index is 13.1. The van der Waals surface area contributed by atoms with Gasteiger partial charge in [0.25, 0.3) is 11.8 Å². The largest absolute Gasteiger partial charge is 0.460 e. The summed E-state index contributed by atoms with van der Waals surface area (Å²) in [5, 5.41) is 0.703. The normalized spacial score (nSPS) is 19.0. The highest BCUT2D eigenvalue weighted by Crippen LogP contribution is 2.47. The van der Waals surface area contributed by atoms with Gasteiger partial charge in [0.05, 0.1) is 17.3 Å². The van der Waals surface area contributed by atoms with Crippen molar-refractivity contribution >= 4 is 52.6 Å². The molecule has 0 aliphatic carbocycles. The summed E-state index contributed by atoms with van der Waals surface area (Å²) >= 11 is 6.60. The molecule has 0 saturated carbocycles. The number of hydrogen-bond donors (Lipinski definition) is 0. The first-order valence-electron chi connectivity index (χ1n) is 9.03. The minimum absolute atomic E-state index is 0.0652. The number of likely N-dealkylation sites (N-methyl/N-ethyl adjacent to an activating group) is 2. The highest BCUT2D eigenvalue weighted by molar-refractivity contribution is 8.03. The van der Waals surface area contributed by atoms with Crippen LogP contribution >= 0.6 is 24.0 Å². The van der Waals surface area contributed by atoms with Crippen molar-refractivity contribution in [3.8, 4) is 0 Å². The summed E-state index contributed by atoms with van der Waals surface area (Å²) in [7, 11) is 1.56. The van der Waals surface area contributed by atoms with Crippen LogP contribution in [0.5, 0.6) is 0 Å². The molecule has 29 heavy (non-hydrogen) atoms. The van der Waals surface area contributed by atoms with Crippen molar-refractivity contribution < 1.29 is 19.1 Å². The summed E-state index contributed by atoms with van der Waals surface area (Å²) in [5.41, 5.74) is 1.23. The summed E-state index contributed by atoms with van der Waals surface area (Å²) in [6, 6.07) is 7.59. The van der Waals surface area contributed by atoms with Gasteiger partial charge in [-0.2, -0.15) is 0 Å². The van der Waals surface area contributed by atoms with Crippen molar-refractivity contribution in [1.82, 2.24) is 9.80 Å². The van der Waals surface area contributed by atoms with Crippen LogP contribution in [0.4, 0.5) is 5.69 Å². The second kappa shape index (κ2) is 8.38. The number of thiocarbonyl (C=S) groups is 1. The van der Waals surface area contributed by atoms with Gasteiger partial charge in [-0.15, -0.1) is 0 Å². The Hall–Kier alpha value is -2.65. The van der Waals surface area contributed by atoms with Crippen LogP contribution in [0.2, 0.25) is 0 Å². The molecule has 0 spiro atoms. The minimum Gasteiger partial charge on any atom is -0.460 e. The van der Waals surface area contributed by atoms with Crippen molar-refractivity contribution in [1.29, 1.82) is 0 Å². The van der Waals surface area contributed by atoms with Crippen LogP contribution in [-0.4, -0.2) is 59.4 Å². The third-order valence-electron chi connectivity index (χ3n) is 4.53. The number of esters is 1. The SMILES string of the molecule is C=C(C)C(=O)OCCN1/C(=C2/C(=O)N(C)C(=S)N(CC)C2=O)Sc2ccccc21. The fourth-order valence-corrected chi connectivity index (χ4v) is 4.52. The lowest BCUT2D eigenvalue weighted by molar-refractivity contribution is -0.138. The van der Waals surface area contributed by atoms with Gasteiger partial charge in [-0.05, 0) is 38.2 Å². The van der Waals surface area contributed by atoms with Crippen molar-refractivity contribution in [2.45, 2.75) is 18.7 Å². The molecular formula is C20H21N3O4S2. The second-order valence-electron chi connectivity index (χ2n) is 6.51. The van der Waals surface area contributed by atoms with Crippen molar-refractivity contribution in [3.05, 3.63) is 47.0 Å². The molecule has 152 valence electrons. The summed E-state index contributed by atoms with van der Waals surface area (Å²) in [5.74, 6) is -1.34. The number of anilines is 1. The van der Waals surface area contributed by atoms with E-state index in [0.29, 0.717) is 23.7 Å². The van der Waals surface area contributed by atoms with E-state index >= 15 is 0 Å². The Morgan fingerprint density at radius 1 is 1.21 bits per heavy atom. The van der Waals surface area contributed by atoms with E-state index < -0.39 is 17.8 Å². The Labute approximate surface area is 179 Å². The van der Waals surface area contributed by atoms with E-state index in [1.807, 2.05) is 36.1 Å². The zero-order valence-electron chi connectivity index (χ0n) is 16.4. The first-order chi connectivity index (χ1) is 13.8. The lowest BCUT2D eigenvalue weighted by Crippen LogP contribution is -2.55. The van der Waals surface area contributed by atoms with Gasteiger partial charge >= 0.3 is 5.97 Å². The fraction of sp³-hybridized carbons (Fsp3) is 0.300. The quantitative estimate of drug-likeness (QED) is 0.307. The second-order valence-corrected chi connectivity index (χ2v) is 7.91. The predicted molar refractivity (Wildman–Crippen MR) is 115 cm³/mol. The average Bonchev–Trinajstić information content (AvgIpc) is 3.05. The number of nitrogens with zero attached hydrogens (tertiary/aromatic N) is 3. The number of carbonyl (C=O) groups is 3. The number of thioether (sulfide) groups is 1. The van der Waals surface area contributed by atoms with Crippen LogP contribution in [0.15, 0.2) is 51.9 Å². The number of ether oxygens (including phenoxy) is 1. The molecule has 1 aromatic rings. The summed E-state index contributed by atoms with van der Waals surface area (Å²) < 4.78 is 5.23. The molecule has 0 bridgehead atoms. The first-order valence-corrected chi connectivity index (χ1v) is 10.3. The molecule has 0 unspecified atom stereocenters. The van der Waals surface area contributed by atoms with Crippen LogP contribution in [-0.2, 0) is 19.1 Å². The number of fused-ring (bicyclic) bond motifs is 1. The monoisotopic (exact) mass is 431 g/mol. The van der Waals surface area contributed by atoms with Crippen molar-refractivity contribution in [3.63, 3.8) is 0 Å². The number of rotatable bonds is 5. The fourth-order valence-electron chi connectivity index (χ4n) is 3.01. The zero-order chi connectivity index (χ0) is 21.3. The topological polar surface area (TPSA) is 70.2 Å². The van der Waals surface area contributed by atoms with Gasteiger partial charge in [-0.3, -0.25) is 19.4 Å². The highest BCUT2D eigenvalue weighted by atomic mass is 32.2. The third kappa shape index (κ3) is 3.79. The summed E-state index contributed by atoms with van der Waals surface area (Å²) in [6.07, 6.45) is 0. The van der Waals surface area contributed by atoms with E-state index in [-0.39, 0.29) is 17.3 Å². The number of carbonyl (C=O) groups excluding carboxylic acids is 3. The van der Waals surface area contributed by atoms with Gasteiger partial charge in [0.1, 0.15) is 12.2 Å². The van der Waals surface area contributed by atoms with E-state index in [4.69, 9.17) is 17.0 Å². The molecule has 2 aliphatic heterocycles. The molecule has 0 radical (unpaired) electrons. The molecule has 0 aromatic heterocycles. The standard InChI is InChI=1S/C20H21N3O4S2/c1-5-22-17(25)15(16(24)21(4)20(22)28)18-23(10-11-27-19(26)12(2)3)13-8-6-7-9-14(13)29-18/h6-9H,2,5,10-11H2,1,3-4H3/b18-15+. The molecule has 0 N–H and O–H groups in total. The van der Waals surface area contributed by atoms with E-state index in [1.54, 1.807) is 14.0 Å². The van der Waals surface area contributed by atoms with E-state index in [1.165, 1.54) is 21.6 Å². The van der Waals surface area contributed by atoms with Crippen LogP contribution in [0.1, 0.15) is 13.8 Å². The molecule has 1 saturated heterocycles. The van der Waals surface area contributed by atoms with Crippen LogP contribution in [0, 0.1) is 0 Å². The number of amides is 2. The third-order valence-corrected chi connectivity index (χ3v) is 6.21. The van der Waals surface area contributed by atoms with Gasteiger partial charge in [-0.1, -0.05) is 30.5 Å². The Bertz CT molecular complexity index is 957. The molecule has 2 aliphatic rings. The van der Waals surface area contributed by atoms with Crippen LogP contribution < -0.4 is 4.90 Å². The molecular weight excluding hydrogens is 410 g/mol. The van der Waals surface area contributed by atoms with E-state index in [9.17, 15) is 14.4 Å². The average molecular weight is 432 g/mol. The molecule has 2 heterocycles. The van der Waals surface area contributed by atoms with Gasteiger partial charge < -0.3 is 9.64 Å². The van der Waals surface area contributed by atoms with E-state index in [2.05, 4.69) is 6.58 Å². The molecule has 1 fully saturated rings. The molecule has 0 atom stereocenters. The lowest BCUT2D eigenvalue weighted by atomic mass is 10.1. The Morgan fingerprint density at radius 3 is 2.55 bits per heavy atom. The van der Waals surface area contributed by atoms with E-state index in [0.717, 1.165) is 10.6 Å². The maximum absolute atomic E-state index is 13.1. The molecule has 9 heteroatoms. The van der Waals surface area contributed by atoms with Crippen LogP contribution in [0.25, 0.3) is 0 Å². The maximum Gasteiger partial charge on any atom is 0.333 e. The Kier molecular flexibility index (Phi) is 6.09. The van der Waals surface area contributed by atoms with Gasteiger partial charge in [-0.25, -0.2) is 4.79 Å². The predicted octanol–water partition coefficient (Wildman–Crippen LogP) is 2.54. The van der Waals surface area contributed by atoms with Crippen LogP contribution in [0.3, 0.4) is 0 Å².